The number of halogens is 1. The van der Waals surface area contributed by atoms with Gasteiger partial charge >= 0.3 is 0 Å². The van der Waals surface area contributed by atoms with Crippen LogP contribution in [0.1, 0.15) is 21.9 Å². The van der Waals surface area contributed by atoms with Gasteiger partial charge in [0, 0.05) is 17.3 Å². The molecule has 20 heavy (non-hydrogen) atoms. The van der Waals surface area contributed by atoms with Crippen molar-refractivity contribution in [3.05, 3.63) is 46.5 Å². The lowest BCUT2D eigenvalue weighted by Crippen LogP contribution is -2.15. The van der Waals surface area contributed by atoms with Gasteiger partial charge in [-0.1, -0.05) is 11.6 Å². The van der Waals surface area contributed by atoms with E-state index < -0.39 is 0 Å². The number of hydrogen-bond donors (Lipinski definition) is 1. The van der Waals surface area contributed by atoms with Gasteiger partial charge in [-0.3, -0.25) is 4.79 Å². The quantitative estimate of drug-likeness (QED) is 0.944. The summed E-state index contributed by atoms with van der Waals surface area (Å²) in [7, 11) is 1.52. The number of nitrogens with zero attached hydrogens (tertiary/aromatic N) is 2. The van der Waals surface area contributed by atoms with Crippen molar-refractivity contribution in [2.75, 3.05) is 12.4 Å². The Hall–Kier alpha value is -2.14. The number of aryl methyl sites for hydroxylation is 2. The number of benzene rings is 1. The van der Waals surface area contributed by atoms with Gasteiger partial charge in [0.25, 0.3) is 5.91 Å². The van der Waals surface area contributed by atoms with Gasteiger partial charge in [-0.05, 0) is 31.5 Å². The maximum absolute atomic E-state index is 12.1. The lowest BCUT2D eigenvalue weighted by atomic mass is 10.2. The number of hydrogen-bond acceptors (Lipinski definition) is 4. The summed E-state index contributed by atoms with van der Waals surface area (Å²) < 4.78 is 5.21. The minimum Gasteiger partial charge on any atom is -0.495 e. The van der Waals surface area contributed by atoms with Crippen molar-refractivity contribution in [2.45, 2.75) is 13.8 Å². The predicted molar refractivity (Wildman–Crippen MR) is 77.5 cm³/mol. The minimum atomic E-state index is -0.324. The van der Waals surface area contributed by atoms with E-state index in [1.807, 2.05) is 6.92 Å². The highest BCUT2D eigenvalue weighted by Gasteiger charge is 2.13. The van der Waals surface area contributed by atoms with Gasteiger partial charge in [-0.2, -0.15) is 0 Å². The van der Waals surface area contributed by atoms with Gasteiger partial charge < -0.3 is 10.1 Å². The first-order valence-corrected chi connectivity index (χ1v) is 6.34. The Bertz CT molecular complexity index is 659. The largest absolute Gasteiger partial charge is 0.495 e. The van der Waals surface area contributed by atoms with E-state index in [2.05, 4.69) is 15.3 Å². The van der Waals surface area contributed by atoms with E-state index in [1.165, 1.54) is 7.11 Å². The number of methoxy groups -OCH3 is 1. The average Bonchev–Trinajstić information content (AvgIpc) is 2.42. The van der Waals surface area contributed by atoms with E-state index in [0.29, 0.717) is 28.0 Å². The molecular formula is C14H14ClN3O2. The molecule has 0 fully saturated rings. The van der Waals surface area contributed by atoms with Crippen LogP contribution in [0.4, 0.5) is 5.69 Å². The molecular weight excluding hydrogens is 278 g/mol. The highest BCUT2D eigenvalue weighted by atomic mass is 35.5. The number of rotatable bonds is 3. The summed E-state index contributed by atoms with van der Waals surface area (Å²) in [6.45, 7) is 3.58. The Morgan fingerprint density at radius 1 is 1.35 bits per heavy atom. The molecule has 1 amide bonds. The van der Waals surface area contributed by atoms with Crippen LogP contribution in [0.15, 0.2) is 24.4 Å². The van der Waals surface area contributed by atoms with Crippen molar-refractivity contribution in [1.29, 1.82) is 0 Å². The van der Waals surface area contributed by atoms with Crippen molar-refractivity contribution >= 4 is 23.2 Å². The summed E-state index contributed by atoms with van der Waals surface area (Å²) in [6.07, 6.45) is 1.54. The van der Waals surface area contributed by atoms with Crippen LogP contribution in [0.5, 0.6) is 5.75 Å². The molecule has 6 heteroatoms. The van der Waals surface area contributed by atoms with E-state index in [0.717, 1.165) is 5.56 Å². The van der Waals surface area contributed by atoms with Gasteiger partial charge in [0.2, 0.25) is 0 Å². The fraction of sp³-hybridized carbons (Fsp3) is 0.214. The van der Waals surface area contributed by atoms with Crippen LogP contribution in [0.2, 0.25) is 5.02 Å². The summed E-state index contributed by atoms with van der Waals surface area (Å²) in [5, 5.41) is 3.34. The highest BCUT2D eigenvalue weighted by Crippen LogP contribution is 2.31. The summed E-state index contributed by atoms with van der Waals surface area (Å²) in [6, 6.07) is 4.97. The first-order chi connectivity index (χ1) is 9.51. The van der Waals surface area contributed by atoms with Crippen LogP contribution in [-0.4, -0.2) is 23.0 Å². The zero-order valence-electron chi connectivity index (χ0n) is 11.4. The molecule has 1 N–H and O–H groups in total. The number of carbonyl (C=O) groups is 1. The molecule has 1 aromatic carbocycles. The number of carbonyl (C=O) groups excluding carboxylic acids is 1. The summed E-state index contributed by atoms with van der Waals surface area (Å²) in [5.41, 5.74) is 1.70. The molecule has 0 aliphatic rings. The molecule has 0 saturated carbocycles. The molecule has 104 valence electrons. The zero-order valence-corrected chi connectivity index (χ0v) is 12.2. The molecule has 0 saturated heterocycles. The molecule has 2 rings (SSSR count). The molecule has 1 aromatic heterocycles. The molecule has 0 atom stereocenters. The van der Waals surface area contributed by atoms with Gasteiger partial charge in [-0.25, -0.2) is 9.97 Å². The lowest BCUT2D eigenvalue weighted by Gasteiger charge is -2.12. The van der Waals surface area contributed by atoms with E-state index in [1.54, 1.807) is 31.3 Å². The number of ether oxygens (including phenoxy) is 1. The fourth-order valence-corrected chi connectivity index (χ4v) is 1.85. The molecule has 5 nitrogen and oxygen atoms in total. The standard InChI is InChI=1S/C14H14ClN3O2/c1-8-6-12(13(20-3)7-10(8)15)18-14(19)11-4-5-16-9(2)17-11/h4-7H,1-3H3,(H,18,19). The second-order valence-electron chi connectivity index (χ2n) is 4.24. The average molecular weight is 292 g/mol. The smallest absolute Gasteiger partial charge is 0.274 e. The third kappa shape index (κ3) is 3.05. The van der Waals surface area contributed by atoms with Crippen LogP contribution < -0.4 is 10.1 Å². The van der Waals surface area contributed by atoms with E-state index in [-0.39, 0.29) is 5.91 Å². The molecule has 0 aliphatic heterocycles. The van der Waals surface area contributed by atoms with Crippen LogP contribution in [0, 0.1) is 13.8 Å². The second-order valence-corrected chi connectivity index (χ2v) is 4.65. The van der Waals surface area contributed by atoms with Gasteiger partial charge in [-0.15, -0.1) is 0 Å². The van der Waals surface area contributed by atoms with Crippen LogP contribution in [0.25, 0.3) is 0 Å². The van der Waals surface area contributed by atoms with E-state index >= 15 is 0 Å². The zero-order chi connectivity index (χ0) is 14.7. The highest BCUT2D eigenvalue weighted by molar-refractivity contribution is 6.31. The normalized spacial score (nSPS) is 10.2. The van der Waals surface area contributed by atoms with E-state index in [9.17, 15) is 4.79 Å². The summed E-state index contributed by atoms with van der Waals surface area (Å²) in [4.78, 5) is 20.2. The topological polar surface area (TPSA) is 64.1 Å². The molecule has 1 heterocycles. The Morgan fingerprint density at radius 2 is 2.10 bits per heavy atom. The first-order valence-electron chi connectivity index (χ1n) is 5.96. The molecule has 0 aliphatic carbocycles. The first kappa shape index (κ1) is 14.3. The fourth-order valence-electron chi connectivity index (χ4n) is 1.70. The third-order valence-corrected chi connectivity index (χ3v) is 3.14. The summed E-state index contributed by atoms with van der Waals surface area (Å²) in [5.74, 6) is 0.715. The molecule has 0 spiro atoms. The van der Waals surface area contributed by atoms with Crippen molar-refractivity contribution in [1.82, 2.24) is 9.97 Å². The number of aromatic nitrogens is 2. The molecule has 0 radical (unpaired) electrons. The lowest BCUT2D eigenvalue weighted by molar-refractivity contribution is 0.102. The van der Waals surface area contributed by atoms with Crippen molar-refractivity contribution in [3.8, 4) is 5.75 Å². The maximum atomic E-state index is 12.1. The third-order valence-electron chi connectivity index (χ3n) is 2.74. The van der Waals surface area contributed by atoms with Crippen LogP contribution in [-0.2, 0) is 0 Å². The van der Waals surface area contributed by atoms with Crippen molar-refractivity contribution in [3.63, 3.8) is 0 Å². The Kier molecular flexibility index (Phi) is 4.20. The minimum absolute atomic E-state index is 0.298. The van der Waals surface area contributed by atoms with E-state index in [4.69, 9.17) is 16.3 Å². The SMILES string of the molecule is COc1cc(Cl)c(C)cc1NC(=O)c1ccnc(C)n1. The number of amides is 1. The predicted octanol–water partition coefficient (Wildman–Crippen LogP) is 3.01. The Balaban J connectivity index is 2.30. The maximum Gasteiger partial charge on any atom is 0.274 e. The van der Waals surface area contributed by atoms with Gasteiger partial charge in [0.15, 0.2) is 0 Å². The Labute approximate surface area is 122 Å². The molecule has 0 unspecified atom stereocenters. The van der Waals surface area contributed by atoms with Crippen LogP contribution in [0.3, 0.4) is 0 Å². The number of anilines is 1. The number of nitrogens with one attached hydrogen (secondary N) is 1. The van der Waals surface area contributed by atoms with Crippen molar-refractivity contribution < 1.29 is 9.53 Å². The van der Waals surface area contributed by atoms with Gasteiger partial charge in [0.1, 0.15) is 17.3 Å². The van der Waals surface area contributed by atoms with Gasteiger partial charge in [0.05, 0.1) is 12.8 Å². The molecule has 0 bridgehead atoms. The monoisotopic (exact) mass is 291 g/mol. The second kappa shape index (κ2) is 5.88. The van der Waals surface area contributed by atoms with Crippen LogP contribution >= 0.6 is 11.6 Å². The Morgan fingerprint density at radius 3 is 2.75 bits per heavy atom. The summed E-state index contributed by atoms with van der Waals surface area (Å²) >= 11 is 6.03. The molecule has 2 aromatic rings. The van der Waals surface area contributed by atoms with Crippen molar-refractivity contribution in [2.24, 2.45) is 0 Å².